The largest absolute Gasteiger partial charge is 0.493 e. The van der Waals surface area contributed by atoms with E-state index < -0.39 is 0 Å². The van der Waals surface area contributed by atoms with Crippen molar-refractivity contribution in [3.05, 3.63) is 71.3 Å². The lowest BCUT2D eigenvalue weighted by Crippen LogP contribution is -2.35. The predicted octanol–water partition coefficient (Wildman–Crippen LogP) is 2.62. The zero-order valence-corrected chi connectivity index (χ0v) is 16.0. The summed E-state index contributed by atoms with van der Waals surface area (Å²) in [7, 11) is 3.33. The standard InChI is InChI=1S/C21H23N5O2/c1-27-18-9-16-5-8-26(13-14-11-24-21(22)25-12-14)20(15-3-6-23-7-4-15)17(16)10-19(18)28-2/h3-4,6-7,9-12,20H,5,8,13H2,1-2H3,(H2,22,24,25)/t20-/m1/s1. The number of anilines is 1. The normalized spacial score (nSPS) is 16.4. The summed E-state index contributed by atoms with van der Waals surface area (Å²) in [4.78, 5) is 14.9. The van der Waals surface area contributed by atoms with Crippen LogP contribution in [0.3, 0.4) is 0 Å². The molecule has 1 aromatic carbocycles. The molecule has 3 heterocycles. The number of pyridine rings is 1. The van der Waals surface area contributed by atoms with E-state index in [1.165, 1.54) is 16.7 Å². The van der Waals surface area contributed by atoms with Crippen LogP contribution in [0.5, 0.6) is 11.5 Å². The molecule has 1 atom stereocenters. The number of ether oxygens (including phenoxy) is 2. The van der Waals surface area contributed by atoms with Crippen molar-refractivity contribution in [1.82, 2.24) is 19.9 Å². The molecule has 28 heavy (non-hydrogen) atoms. The van der Waals surface area contributed by atoms with Crippen LogP contribution < -0.4 is 15.2 Å². The van der Waals surface area contributed by atoms with Crippen molar-refractivity contribution in [2.24, 2.45) is 0 Å². The number of benzene rings is 1. The highest BCUT2D eigenvalue weighted by Crippen LogP contribution is 2.41. The van der Waals surface area contributed by atoms with E-state index in [4.69, 9.17) is 15.2 Å². The van der Waals surface area contributed by atoms with Gasteiger partial charge < -0.3 is 15.2 Å². The summed E-state index contributed by atoms with van der Waals surface area (Å²) in [5.41, 5.74) is 10.3. The van der Waals surface area contributed by atoms with Crippen molar-refractivity contribution in [3.8, 4) is 11.5 Å². The topological polar surface area (TPSA) is 86.4 Å². The maximum absolute atomic E-state index is 5.63. The Morgan fingerprint density at radius 3 is 2.43 bits per heavy atom. The Balaban J connectivity index is 1.77. The van der Waals surface area contributed by atoms with Crippen LogP contribution in [-0.2, 0) is 13.0 Å². The lowest BCUT2D eigenvalue weighted by Gasteiger charge is -2.38. The quantitative estimate of drug-likeness (QED) is 0.731. The van der Waals surface area contributed by atoms with Crippen LogP contribution in [-0.4, -0.2) is 40.6 Å². The molecule has 0 aliphatic carbocycles. The number of methoxy groups -OCH3 is 2. The van der Waals surface area contributed by atoms with E-state index in [2.05, 4.69) is 44.1 Å². The molecule has 0 fully saturated rings. The number of fused-ring (bicyclic) bond motifs is 1. The molecule has 0 bridgehead atoms. The molecular weight excluding hydrogens is 354 g/mol. The van der Waals surface area contributed by atoms with Crippen molar-refractivity contribution in [1.29, 1.82) is 0 Å². The third kappa shape index (κ3) is 3.48. The molecule has 0 saturated heterocycles. The highest BCUT2D eigenvalue weighted by atomic mass is 16.5. The average molecular weight is 377 g/mol. The molecule has 0 amide bonds. The Morgan fingerprint density at radius 1 is 1.07 bits per heavy atom. The second-order valence-electron chi connectivity index (χ2n) is 6.76. The van der Waals surface area contributed by atoms with Crippen LogP contribution in [0.25, 0.3) is 0 Å². The second-order valence-corrected chi connectivity index (χ2v) is 6.76. The minimum atomic E-state index is 0.0732. The number of rotatable bonds is 5. The summed E-state index contributed by atoms with van der Waals surface area (Å²) in [6.45, 7) is 1.63. The fourth-order valence-electron chi connectivity index (χ4n) is 3.79. The summed E-state index contributed by atoms with van der Waals surface area (Å²) in [5.74, 6) is 1.78. The monoisotopic (exact) mass is 377 g/mol. The predicted molar refractivity (Wildman–Crippen MR) is 106 cm³/mol. The zero-order valence-electron chi connectivity index (χ0n) is 16.0. The van der Waals surface area contributed by atoms with Crippen molar-refractivity contribution in [3.63, 3.8) is 0 Å². The highest BCUT2D eigenvalue weighted by Gasteiger charge is 2.30. The van der Waals surface area contributed by atoms with E-state index in [9.17, 15) is 0 Å². The Morgan fingerprint density at radius 2 is 1.75 bits per heavy atom. The van der Waals surface area contributed by atoms with Gasteiger partial charge in [-0.05, 0) is 47.4 Å². The second kappa shape index (κ2) is 7.82. The van der Waals surface area contributed by atoms with Gasteiger partial charge in [0.05, 0.1) is 20.3 Å². The summed E-state index contributed by atoms with van der Waals surface area (Å²) in [6, 6.07) is 8.37. The van der Waals surface area contributed by atoms with E-state index in [-0.39, 0.29) is 12.0 Å². The van der Waals surface area contributed by atoms with Gasteiger partial charge in [0, 0.05) is 43.4 Å². The maximum atomic E-state index is 5.63. The SMILES string of the molecule is COc1cc2c(cc1OC)[C@@H](c1ccncc1)N(Cc1cnc(N)nc1)CC2. The van der Waals surface area contributed by atoms with Gasteiger partial charge in [0.25, 0.3) is 0 Å². The van der Waals surface area contributed by atoms with Crippen LogP contribution >= 0.6 is 0 Å². The lowest BCUT2D eigenvalue weighted by atomic mass is 9.87. The van der Waals surface area contributed by atoms with Gasteiger partial charge in [-0.2, -0.15) is 0 Å². The van der Waals surface area contributed by atoms with Gasteiger partial charge in [0.1, 0.15) is 0 Å². The molecule has 1 aliphatic heterocycles. The summed E-state index contributed by atoms with van der Waals surface area (Å²) in [6.07, 6.45) is 8.16. The van der Waals surface area contributed by atoms with Crippen LogP contribution in [0.1, 0.15) is 28.3 Å². The Bertz CT molecular complexity index is 947. The molecule has 7 nitrogen and oxygen atoms in total. The summed E-state index contributed by atoms with van der Waals surface area (Å²) < 4.78 is 11.1. The van der Waals surface area contributed by atoms with Gasteiger partial charge in [-0.15, -0.1) is 0 Å². The molecule has 0 radical (unpaired) electrons. The van der Waals surface area contributed by atoms with Gasteiger partial charge >= 0.3 is 0 Å². The number of nitrogen functional groups attached to an aromatic ring is 1. The first kappa shape index (κ1) is 18.2. The molecule has 2 N–H and O–H groups in total. The third-order valence-electron chi connectivity index (χ3n) is 5.11. The number of aromatic nitrogens is 3. The van der Waals surface area contributed by atoms with Crippen molar-refractivity contribution in [2.75, 3.05) is 26.5 Å². The van der Waals surface area contributed by atoms with Crippen molar-refractivity contribution >= 4 is 5.95 Å². The molecule has 7 heteroatoms. The first-order valence-corrected chi connectivity index (χ1v) is 9.14. The van der Waals surface area contributed by atoms with E-state index in [1.807, 2.05) is 12.4 Å². The number of nitrogens with zero attached hydrogens (tertiary/aromatic N) is 4. The van der Waals surface area contributed by atoms with Gasteiger partial charge in [-0.1, -0.05) is 0 Å². The first-order valence-electron chi connectivity index (χ1n) is 9.14. The van der Waals surface area contributed by atoms with Crippen molar-refractivity contribution < 1.29 is 9.47 Å². The lowest BCUT2D eigenvalue weighted by molar-refractivity contribution is 0.203. The van der Waals surface area contributed by atoms with Gasteiger partial charge in [0.2, 0.25) is 5.95 Å². The fourth-order valence-corrected chi connectivity index (χ4v) is 3.79. The molecule has 0 spiro atoms. The molecule has 144 valence electrons. The Kier molecular flexibility index (Phi) is 5.08. The summed E-state index contributed by atoms with van der Waals surface area (Å²) in [5, 5.41) is 0. The molecule has 2 aromatic heterocycles. The smallest absolute Gasteiger partial charge is 0.219 e. The van der Waals surface area contributed by atoms with E-state index in [0.29, 0.717) is 0 Å². The average Bonchev–Trinajstić information content (AvgIpc) is 2.74. The fraction of sp³-hybridized carbons (Fsp3) is 0.286. The van der Waals surface area contributed by atoms with E-state index in [1.54, 1.807) is 26.6 Å². The number of nitrogens with two attached hydrogens (primary N) is 1. The van der Waals surface area contributed by atoms with Gasteiger partial charge in [0.15, 0.2) is 11.5 Å². The van der Waals surface area contributed by atoms with Crippen LogP contribution in [0.4, 0.5) is 5.95 Å². The molecule has 1 aliphatic rings. The number of hydrogen-bond donors (Lipinski definition) is 1. The maximum Gasteiger partial charge on any atom is 0.219 e. The Labute approximate surface area is 164 Å². The minimum Gasteiger partial charge on any atom is -0.493 e. The van der Waals surface area contributed by atoms with Gasteiger partial charge in [-0.25, -0.2) is 9.97 Å². The minimum absolute atomic E-state index is 0.0732. The Hall–Kier alpha value is -3.19. The molecule has 0 unspecified atom stereocenters. The van der Waals surface area contributed by atoms with Gasteiger partial charge in [-0.3, -0.25) is 9.88 Å². The third-order valence-corrected chi connectivity index (χ3v) is 5.11. The van der Waals surface area contributed by atoms with Crippen LogP contribution in [0, 0.1) is 0 Å². The summed E-state index contributed by atoms with van der Waals surface area (Å²) >= 11 is 0. The van der Waals surface area contributed by atoms with Crippen LogP contribution in [0.15, 0.2) is 49.1 Å². The highest BCUT2D eigenvalue weighted by molar-refractivity contribution is 5.51. The zero-order chi connectivity index (χ0) is 19.5. The molecule has 3 aromatic rings. The van der Waals surface area contributed by atoms with E-state index >= 15 is 0 Å². The number of hydrogen-bond acceptors (Lipinski definition) is 7. The molecular formula is C21H23N5O2. The van der Waals surface area contributed by atoms with E-state index in [0.717, 1.165) is 36.6 Å². The first-order chi connectivity index (χ1) is 13.7. The van der Waals surface area contributed by atoms with Crippen LogP contribution in [0.2, 0.25) is 0 Å². The van der Waals surface area contributed by atoms with Crippen molar-refractivity contribution in [2.45, 2.75) is 19.0 Å². The molecule has 0 saturated carbocycles. The molecule has 4 rings (SSSR count).